The van der Waals surface area contributed by atoms with Gasteiger partial charge in [-0.3, -0.25) is 9.59 Å². The Morgan fingerprint density at radius 3 is 2.14 bits per heavy atom. The summed E-state index contributed by atoms with van der Waals surface area (Å²) in [6, 6.07) is 15.5. The van der Waals surface area contributed by atoms with E-state index in [4.69, 9.17) is 4.74 Å². The van der Waals surface area contributed by atoms with Crippen molar-refractivity contribution in [3.05, 3.63) is 54.1 Å². The zero-order valence-electron chi connectivity index (χ0n) is 16.4. The molecule has 148 valence electrons. The monoisotopic (exact) mass is 398 g/mol. The quantitative estimate of drug-likeness (QED) is 0.525. The van der Waals surface area contributed by atoms with Crippen molar-refractivity contribution >= 4 is 29.1 Å². The standard InChI is InChI=1S/C22H26N2O3S/c1-27-19-7-5-18(6-8-19)23-13-15-24(16-14-23)22(26)12-11-21(25)17-3-9-20(28-2)10-4-17/h3-10H,11-16H2,1-2H3. The Labute approximate surface area is 170 Å². The highest BCUT2D eigenvalue weighted by atomic mass is 32.2. The fourth-order valence-electron chi connectivity index (χ4n) is 3.31. The van der Waals surface area contributed by atoms with Crippen LogP contribution < -0.4 is 9.64 Å². The molecule has 0 atom stereocenters. The Morgan fingerprint density at radius 1 is 0.929 bits per heavy atom. The van der Waals surface area contributed by atoms with E-state index in [0.717, 1.165) is 29.4 Å². The van der Waals surface area contributed by atoms with E-state index in [1.807, 2.05) is 59.7 Å². The number of hydrogen-bond acceptors (Lipinski definition) is 5. The van der Waals surface area contributed by atoms with Crippen LogP contribution in [0.2, 0.25) is 0 Å². The second kappa shape index (κ2) is 9.64. The summed E-state index contributed by atoms with van der Waals surface area (Å²) in [6.07, 6.45) is 2.53. The minimum Gasteiger partial charge on any atom is -0.497 e. The van der Waals surface area contributed by atoms with Gasteiger partial charge in [0.25, 0.3) is 0 Å². The van der Waals surface area contributed by atoms with Crippen LogP contribution in [0.3, 0.4) is 0 Å². The minimum absolute atomic E-state index is 0.0258. The molecule has 0 spiro atoms. The number of ketones is 1. The average molecular weight is 399 g/mol. The summed E-state index contributed by atoms with van der Waals surface area (Å²) in [4.78, 5) is 30.1. The van der Waals surface area contributed by atoms with Crippen molar-refractivity contribution in [3.63, 3.8) is 0 Å². The van der Waals surface area contributed by atoms with Crippen molar-refractivity contribution in [2.24, 2.45) is 0 Å². The first-order valence-corrected chi connectivity index (χ1v) is 10.7. The number of thioether (sulfide) groups is 1. The van der Waals surface area contributed by atoms with Gasteiger partial charge in [-0.1, -0.05) is 12.1 Å². The lowest BCUT2D eigenvalue weighted by Gasteiger charge is -2.36. The molecule has 0 bridgehead atoms. The predicted octanol–water partition coefficient (Wildman–Crippen LogP) is 3.73. The predicted molar refractivity (Wildman–Crippen MR) is 114 cm³/mol. The van der Waals surface area contributed by atoms with Crippen molar-refractivity contribution in [1.82, 2.24) is 4.90 Å². The van der Waals surface area contributed by atoms with Crippen LogP contribution in [0.1, 0.15) is 23.2 Å². The third kappa shape index (κ3) is 5.07. The maximum absolute atomic E-state index is 12.5. The molecule has 6 heteroatoms. The van der Waals surface area contributed by atoms with E-state index in [0.29, 0.717) is 18.7 Å². The summed E-state index contributed by atoms with van der Waals surface area (Å²) in [5, 5.41) is 0. The maximum Gasteiger partial charge on any atom is 0.223 e. The molecule has 0 radical (unpaired) electrons. The molecule has 0 aliphatic carbocycles. The van der Waals surface area contributed by atoms with Crippen LogP contribution in [0.25, 0.3) is 0 Å². The highest BCUT2D eigenvalue weighted by molar-refractivity contribution is 7.98. The van der Waals surface area contributed by atoms with Crippen LogP contribution in [0.15, 0.2) is 53.4 Å². The Morgan fingerprint density at radius 2 is 1.57 bits per heavy atom. The van der Waals surface area contributed by atoms with Crippen molar-refractivity contribution < 1.29 is 14.3 Å². The number of ether oxygens (including phenoxy) is 1. The lowest BCUT2D eigenvalue weighted by Crippen LogP contribution is -2.48. The molecule has 2 aromatic rings. The lowest BCUT2D eigenvalue weighted by atomic mass is 10.1. The summed E-state index contributed by atoms with van der Waals surface area (Å²) in [6.45, 7) is 2.95. The van der Waals surface area contributed by atoms with Gasteiger partial charge < -0.3 is 14.5 Å². The molecule has 1 fully saturated rings. The molecule has 1 amide bonds. The second-order valence-corrected chi connectivity index (χ2v) is 7.60. The third-order valence-electron chi connectivity index (χ3n) is 5.05. The Kier molecular flexibility index (Phi) is 6.98. The van der Waals surface area contributed by atoms with E-state index >= 15 is 0 Å². The molecular weight excluding hydrogens is 372 g/mol. The Bertz CT molecular complexity index is 798. The van der Waals surface area contributed by atoms with Gasteiger partial charge in [0, 0.05) is 55.2 Å². The number of carbonyl (C=O) groups excluding carboxylic acids is 2. The molecule has 0 N–H and O–H groups in total. The summed E-state index contributed by atoms with van der Waals surface area (Å²) >= 11 is 1.64. The van der Waals surface area contributed by atoms with E-state index < -0.39 is 0 Å². The number of nitrogens with zero attached hydrogens (tertiary/aromatic N) is 2. The van der Waals surface area contributed by atoms with E-state index in [-0.39, 0.29) is 24.5 Å². The fourth-order valence-corrected chi connectivity index (χ4v) is 3.72. The zero-order chi connectivity index (χ0) is 19.9. The van der Waals surface area contributed by atoms with Gasteiger partial charge in [-0.2, -0.15) is 0 Å². The molecular formula is C22H26N2O3S. The topological polar surface area (TPSA) is 49.9 Å². The molecule has 0 aromatic heterocycles. The van der Waals surface area contributed by atoms with Crippen LogP contribution in [-0.2, 0) is 4.79 Å². The number of amides is 1. The van der Waals surface area contributed by atoms with Gasteiger partial charge in [-0.05, 0) is 42.7 Å². The van der Waals surface area contributed by atoms with Gasteiger partial charge in [0.2, 0.25) is 5.91 Å². The number of anilines is 1. The first-order chi connectivity index (χ1) is 13.6. The molecule has 0 saturated carbocycles. The summed E-state index contributed by atoms with van der Waals surface area (Å²) in [5.41, 5.74) is 1.81. The van der Waals surface area contributed by atoms with Crippen LogP contribution in [-0.4, -0.2) is 56.1 Å². The lowest BCUT2D eigenvalue weighted by molar-refractivity contribution is -0.131. The Balaban J connectivity index is 1.46. The SMILES string of the molecule is COc1ccc(N2CCN(C(=O)CCC(=O)c3ccc(SC)cc3)CC2)cc1. The van der Waals surface area contributed by atoms with Crippen LogP contribution in [0.5, 0.6) is 5.75 Å². The summed E-state index contributed by atoms with van der Waals surface area (Å²) < 4.78 is 5.19. The third-order valence-corrected chi connectivity index (χ3v) is 5.79. The average Bonchev–Trinajstić information content (AvgIpc) is 2.77. The smallest absolute Gasteiger partial charge is 0.223 e. The van der Waals surface area contributed by atoms with Gasteiger partial charge in [0.05, 0.1) is 7.11 Å². The fraction of sp³-hybridized carbons (Fsp3) is 0.364. The van der Waals surface area contributed by atoms with Crippen molar-refractivity contribution in [3.8, 4) is 5.75 Å². The molecule has 2 aromatic carbocycles. The molecule has 0 unspecified atom stereocenters. The highest BCUT2D eigenvalue weighted by Gasteiger charge is 2.22. The maximum atomic E-state index is 12.5. The Hall–Kier alpha value is -2.47. The van der Waals surface area contributed by atoms with Gasteiger partial charge in [-0.25, -0.2) is 0 Å². The van der Waals surface area contributed by atoms with Gasteiger partial charge in [-0.15, -0.1) is 11.8 Å². The number of carbonyl (C=O) groups is 2. The number of hydrogen-bond donors (Lipinski definition) is 0. The van der Waals surface area contributed by atoms with Crippen molar-refractivity contribution in [2.75, 3.05) is 44.4 Å². The van der Waals surface area contributed by atoms with Crippen molar-refractivity contribution in [2.45, 2.75) is 17.7 Å². The zero-order valence-corrected chi connectivity index (χ0v) is 17.2. The van der Waals surface area contributed by atoms with Crippen molar-refractivity contribution in [1.29, 1.82) is 0 Å². The van der Waals surface area contributed by atoms with E-state index in [1.165, 1.54) is 0 Å². The molecule has 1 aliphatic rings. The number of piperazine rings is 1. The second-order valence-electron chi connectivity index (χ2n) is 6.72. The molecule has 1 aliphatic heterocycles. The number of rotatable bonds is 7. The molecule has 5 nitrogen and oxygen atoms in total. The van der Waals surface area contributed by atoms with Gasteiger partial charge in [0.15, 0.2) is 5.78 Å². The molecule has 3 rings (SSSR count). The van der Waals surface area contributed by atoms with Gasteiger partial charge >= 0.3 is 0 Å². The largest absolute Gasteiger partial charge is 0.497 e. The molecule has 1 heterocycles. The number of Topliss-reactive ketones (excluding diaryl/α,β-unsaturated/α-hetero) is 1. The van der Waals surface area contributed by atoms with Crippen LogP contribution in [0.4, 0.5) is 5.69 Å². The minimum atomic E-state index is 0.0258. The number of methoxy groups -OCH3 is 1. The summed E-state index contributed by atoms with van der Waals surface area (Å²) in [7, 11) is 1.66. The van der Waals surface area contributed by atoms with E-state index in [2.05, 4.69) is 4.90 Å². The van der Waals surface area contributed by atoms with E-state index in [1.54, 1.807) is 18.9 Å². The molecule has 28 heavy (non-hydrogen) atoms. The summed E-state index contributed by atoms with van der Waals surface area (Å²) in [5.74, 6) is 0.923. The first kappa shape index (κ1) is 20.3. The van der Waals surface area contributed by atoms with Gasteiger partial charge in [0.1, 0.15) is 5.75 Å². The van der Waals surface area contributed by atoms with Crippen LogP contribution >= 0.6 is 11.8 Å². The first-order valence-electron chi connectivity index (χ1n) is 9.44. The van der Waals surface area contributed by atoms with E-state index in [9.17, 15) is 9.59 Å². The normalized spacial score (nSPS) is 14.1. The molecule has 1 saturated heterocycles. The number of benzene rings is 2. The highest BCUT2D eigenvalue weighted by Crippen LogP contribution is 2.21. The van der Waals surface area contributed by atoms with Crippen LogP contribution in [0, 0.1) is 0 Å².